The highest BCUT2D eigenvalue weighted by Crippen LogP contribution is 2.08. The molecule has 0 aromatic rings. The number of carbonyl (C=O) groups is 14. The number of nitrogens with one attached hydrogen (secondary N) is 10. The number of oxime groups is 4. The van der Waals surface area contributed by atoms with Crippen molar-refractivity contribution >= 4 is 155 Å². The Morgan fingerprint density at radius 2 is 0.508 bits per heavy atom. The lowest BCUT2D eigenvalue weighted by molar-refractivity contribution is -0.122. The second-order valence-electron chi connectivity index (χ2n) is 26.6. The molecule has 0 spiro atoms. The molecule has 14 amide bonds. The largest absolute Gasteiger partial charge is 0.446 e. The fraction of sp³-hybridized carbons (Fsp3) is 0.769. The van der Waals surface area contributed by atoms with Gasteiger partial charge >= 0.3 is 12.2 Å². The van der Waals surface area contributed by atoms with E-state index in [1.165, 1.54) is 70.9 Å². The minimum atomic E-state index is -0.825. The zero-order chi connectivity index (χ0) is 95.1. The van der Waals surface area contributed by atoms with E-state index in [-0.39, 0.29) is 213 Å². The van der Waals surface area contributed by atoms with E-state index < -0.39 is 37.2 Å². The maximum atomic E-state index is 13.7. The standard InChI is InChI=1S/C78H140N18O28S4/c1-81-71(103)59-93-123-47-41-113-33-37-117-51-55-127-63-75(107)85-21-13-5-9-17-69(101)89-25-29-96(30-26-90-70(102)18-10-6-14-22-86-76(108)64-128-56-52-118-38-34-114-42-48-124-94-60-72(104)82-2)78(110)120-44-43-119-77(109)95(27-23-87-67(99)15-7-3-11-19-83-73(105)61-125-53-49-115-35-31-111-39-45-121-91-57-65(79)97)28-24-88-68(100)16-8-4-12-20-84-74(106)62-126-54-50-116-36-32-112-40-46-122-92-58-66(80)98/h57-60H,3-56,61-64H2,1-2H3,(H2,79,97)(H2,80,98)(H,81,103)(H,82,104)(H,83,105)(H,84,106)(H,85,107)(H,86,108)(H,87,99)(H,88,100)(H,89,101)(H,90,102)/b91-57-,92-58-,93-59-,94-60?/i/hD2. The van der Waals surface area contributed by atoms with Crippen LogP contribution in [0.4, 0.5) is 9.59 Å². The number of carbonyl (C=O) groups excluding carboxylic acids is 14. The molecule has 0 rings (SSSR count). The van der Waals surface area contributed by atoms with Gasteiger partial charge in [-0.3, -0.25) is 57.5 Å². The normalized spacial score (nSPS) is 11.3. The van der Waals surface area contributed by atoms with Crippen LogP contribution >= 0.6 is 47.0 Å². The van der Waals surface area contributed by atoms with Gasteiger partial charge in [-0.05, 0) is 51.4 Å². The Morgan fingerprint density at radius 3 is 0.750 bits per heavy atom. The second kappa shape index (κ2) is 91.5. The summed E-state index contributed by atoms with van der Waals surface area (Å²) in [6.07, 6.45) is 10.1. The molecular formula is C78H140N18O28S4. The molecule has 0 saturated carbocycles. The average molecular weight is 1910 g/mol. The lowest BCUT2D eigenvalue weighted by atomic mass is 10.2. The first kappa shape index (κ1) is 115. The Bertz CT molecular complexity index is 2770. The predicted octanol–water partition coefficient (Wildman–Crippen LogP) is -1.43. The van der Waals surface area contributed by atoms with Gasteiger partial charge in [0, 0.05) is 141 Å². The van der Waals surface area contributed by atoms with Gasteiger partial charge in [-0.1, -0.05) is 46.3 Å². The minimum absolute atomic E-state index is 0.0159. The number of nitrogens with zero attached hydrogens (tertiary/aromatic N) is 6. The van der Waals surface area contributed by atoms with Crippen LogP contribution in [0.1, 0.15) is 103 Å². The Kier molecular flexibility index (Phi) is 82.3. The number of hydrogen-bond acceptors (Lipinski definition) is 36. The van der Waals surface area contributed by atoms with Crippen LogP contribution in [0, 0.1) is 0 Å². The molecule has 0 unspecified atom stereocenters. The Labute approximate surface area is 769 Å². The molecule has 0 bridgehead atoms. The van der Waals surface area contributed by atoms with Crippen LogP contribution in [-0.4, -0.2) is 402 Å². The van der Waals surface area contributed by atoms with E-state index in [0.717, 1.165) is 24.9 Å². The lowest BCUT2D eigenvalue weighted by Gasteiger charge is -2.24. The predicted molar refractivity (Wildman–Crippen MR) is 484 cm³/mol. The molecule has 50 heteroatoms. The van der Waals surface area contributed by atoms with E-state index in [2.05, 4.69) is 73.8 Å². The third-order valence-electron chi connectivity index (χ3n) is 16.1. The van der Waals surface area contributed by atoms with E-state index in [1.54, 1.807) is 11.5 Å². The van der Waals surface area contributed by atoms with Gasteiger partial charge in [0.15, 0.2) is 2.82 Å². The maximum Gasteiger partial charge on any atom is 0.410 e. The molecule has 0 aromatic heterocycles. The highest BCUT2D eigenvalue weighted by molar-refractivity contribution is 8.00. The summed E-state index contributed by atoms with van der Waals surface area (Å²) in [6.45, 7) is 6.92. The van der Waals surface area contributed by atoms with Gasteiger partial charge in [0.2, 0.25) is 47.3 Å². The third-order valence-corrected chi connectivity index (χ3v) is 19.8. The van der Waals surface area contributed by atoms with Crippen LogP contribution in [0.15, 0.2) is 20.6 Å². The van der Waals surface area contributed by atoms with E-state index in [9.17, 15) is 67.1 Å². The van der Waals surface area contributed by atoms with Gasteiger partial charge in [-0.25, -0.2) is 9.59 Å². The molecule has 0 fully saturated rings. The van der Waals surface area contributed by atoms with Gasteiger partial charge in [-0.15, -0.1) is 47.0 Å². The van der Waals surface area contributed by atoms with E-state index >= 15 is 0 Å². The van der Waals surface area contributed by atoms with Crippen LogP contribution in [0.25, 0.3) is 0 Å². The van der Waals surface area contributed by atoms with Crippen molar-refractivity contribution in [2.45, 2.75) is 103 Å². The van der Waals surface area contributed by atoms with Gasteiger partial charge in [0.1, 0.15) is 64.5 Å². The molecular weight excluding hydrogens is 1770 g/mol. The van der Waals surface area contributed by atoms with Crippen molar-refractivity contribution in [2.75, 3.05) is 284 Å². The van der Waals surface area contributed by atoms with Gasteiger partial charge in [0.25, 0.3) is 23.6 Å². The van der Waals surface area contributed by atoms with Gasteiger partial charge in [-0.2, -0.15) is 0 Å². The summed E-state index contributed by atoms with van der Waals surface area (Å²) in [4.78, 5) is 195. The van der Waals surface area contributed by atoms with Gasteiger partial charge in [0.05, 0.1) is 129 Å². The van der Waals surface area contributed by atoms with Crippen molar-refractivity contribution in [1.29, 1.82) is 0 Å². The molecule has 0 saturated heterocycles. The van der Waals surface area contributed by atoms with Crippen molar-refractivity contribution in [2.24, 2.45) is 32.1 Å². The molecule has 0 atom stereocenters. The van der Waals surface area contributed by atoms with Crippen molar-refractivity contribution in [3.8, 4) is 0 Å². The number of unbranched alkanes of at least 4 members (excludes halogenated alkanes) is 8. The number of thioether (sulfide) groups is 4. The molecule has 0 heterocycles. The highest BCUT2D eigenvalue weighted by atomic mass is 32.2. The Balaban J connectivity index is 5.47. The van der Waals surface area contributed by atoms with E-state index in [4.69, 9.17) is 69.5 Å². The summed E-state index contributed by atoms with van der Waals surface area (Å²) in [5.74, 6) is -0.414. The quantitative estimate of drug-likeness (QED) is 0.0189. The van der Waals surface area contributed by atoms with Crippen LogP contribution in [0.5, 0.6) is 0 Å². The summed E-state index contributed by atoms with van der Waals surface area (Å²) >= 11 is 5.68. The van der Waals surface area contributed by atoms with E-state index in [1.807, 2.05) is 0 Å². The smallest absolute Gasteiger partial charge is 0.410 e. The molecule has 46 nitrogen and oxygen atoms in total. The summed E-state index contributed by atoms with van der Waals surface area (Å²) in [5, 5.41) is 41.3. The monoisotopic (exact) mass is 1910 g/mol. The minimum Gasteiger partial charge on any atom is -0.446 e. The molecule has 0 aliphatic rings. The number of amides is 14. The van der Waals surface area contributed by atoms with E-state index in [0.29, 0.717) is 206 Å². The van der Waals surface area contributed by atoms with Crippen molar-refractivity contribution in [3.05, 3.63) is 0 Å². The molecule has 0 aliphatic carbocycles. The molecule has 0 radical (unpaired) electrons. The lowest BCUT2D eigenvalue weighted by Crippen LogP contribution is -2.44. The molecule has 14 N–H and O–H groups in total. The molecule has 0 aliphatic heterocycles. The average Bonchev–Trinajstić information content (AvgIpc) is 0.924. The summed E-state index contributed by atoms with van der Waals surface area (Å²) < 4.78 is 68.0. The zero-order valence-corrected chi connectivity index (χ0v) is 77.3. The fourth-order valence-corrected chi connectivity index (χ4v) is 12.3. The third kappa shape index (κ3) is 87.8. The van der Waals surface area contributed by atoms with Crippen LogP contribution < -0.4 is 64.6 Å². The number of hydrogen-bond donors (Lipinski definition) is 12. The summed E-state index contributed by atoms with van der Waals surface area (Å²) in [6, 6.07) is 0. The zero-order valence-electron chi connectivity index (χ0n) is 76.1. The SMILES string of the molecule is [2H]NC(=O)/C=N\OCCOCCOCCSCC(=O)NCCCCCC(=O)NCCN(CCNC(=O)CCCCCNC(=O)CSCCOCCOCCO/N=C\C(=O)N[2H])C(=O)OCCOC(=O)N(CCNC(=O)CCCCCNC(=O)CSCCOCCOCCON=CC(=O)NC)CCNC(=O)CCCCCNC(=O)CSCCOCCOCCO/N=C\C(=O)NC. The van der Waals surface area contributed by atoms with Crippen molar-refractivity contribution < 1.29 is 137 Å². The van der Waals surface area contributed by atoms with Crippen molar-refractivity contribution in [3.63, 3.8) is 0 Å². The highest BCUT2D eigenvalue weighted by Gasteiger charge is 2.20. The Morgan fingerprint density at radius 1 is 0.281 bits per heavy atom. The van der Waals surface area contributed by atoms with Crippen molar-refractivity contribution in [1.82, 2.24) is 63.0 Å². The maximum absolute atomic E-state index is 13.7. The van der Waals surface area contributed by atoms with Gasteiger partial charge < -0.3 is 141 Å². The number of ether oxygens (including phenoxy) is 10. The summed E-state index contributed by atoms with van der Waals surface area (Å²) in [7, 11) is 2.95. The van der Waals surface area contributed by atoms with Crippen LogP contribution in [0.3, 0.4) is 0 Å². The molecule has 734 valence electrons. The fourth-order valence-electron chi connectivity index (χ4n) is 9.65. The molecule has 128 heavy (non-hydrogen) atoms. The first-order valence-electron chi connectivity index (χ1n) is 43.7. The van der Waals surface area contributed by atoms with Crippen LogP contribution in [0.2, 0.25) is 2.82 Å². The number of nitrogens with two attached hydrogens (primary N) is 2. The molecule has 0 aromatic carbocycles. The number of primary amides is 2. The first-order chi connectivity index (χ1) is 63.3. The summed E-state index contributed by atoms with van der Waals surface area (Å²) in [5.41, 5.74) is 3.26. The van der Waals surface area contributed by atoms with Crippen LogP contribution in [-0.2, 0) is 124 Å². The second-order valence-corrected chi connectivity index (χ2v) is 31.0. The first-order valence-corrected chi connectivity index (χ1v) is 47.3. The topological polar surface area (TPSA) is 596 Å². The number of rotatable bonds is 91. The Hall–Kier alpha value is -8.86.